The second kappa shape index (κ2) is 9.50. The van der Waals surface area contributed by atoms with Crippen LogP contribution in [0.15, 0.2) is 77.3 Å². The Balaban J connectivity index is 1.73. The standard InChI is InChI=1S/C26H20BrFN2O3/c1-15-23(25(31)29-14-21(26(32)33)16-7-10-19(28)11-8-16)20-13-18(27)9-12-22(20)30-24(15)17-5-3-2-4-6-17/h2-13,21H,14H2,1H3,(H,29,31)(H,32,33)/t21-/m1/s1. The minimum absolute atomic E-state index is 0.141. The molecule has 4 rings (SSSR count). The Morgan fingerprint density at radius 2 is 1.76 bits per heavy atom. The Labute approximate surface area is 198 Å². The Morgan fingerprint density at radius 1 is 1.06 bits per heavy atom. The molecule has 0 aliphatic carbocycles. The Kier molecular flexibility index (Phi) is 6.51. The predicted octanol–water partition coefficient (Wildman–Crippen LogP) is 5.71. The molecule has 0 bridgehead atoms. The fourth-order valence-corrected chi connectivity index (χ4v) is 4.19. The Bertz CT molecular complexity index is 1340. The summed E-state index contributed by atoms with van der Waals surface area (Å²) in [7, 11) is 0. The van der Waals surface area contributed by atoms with Crippen molar-refractivity contribution in [2.75, 3.05) is 6.54 Å². The van der Waals surface area contributed by atoms with Crippen LogP contribution in [0.2, 0.25) is 0 Å². The monoisotopic (exact) mass is 506 g/mol. The van der Waals surface area contributed by atoms with Gasteiger partial charge in [-0.2, -0.15) is 0 Å². The van der Waals surface area contributed by atoms with E-state index in [0.29, 0.717) is 33.3 Å². The van der Waals surface area contributed by atoms with Gasteiger partial charge in [0.2, 0.25) is 0 Å². The highest BCUT2D eigenvalue weighted by molar-refractivity contribution is 9.10. The van der Waals surface area contributed by atoms with Crippen LogP contribution >= 0.6 is 15.9 Å². The number of carboxylic acids is 1. The quantitative estimate of drug-likeness (QED) is 0.351. The summed E-state index contributed by atoms with van der Waals surface area (Å²) >= 11 is 3.45. The van der Waals surface area contributed by atoms with Crippen LogP contribution in [0.3, 0.4) is 0 Å². The van der Waals surface area contributed by atoms with E-state index in [4.69, 9.17) is 4.98 Å². The van der Waals surface area contributed by atoms with E-state index in [9.17, 15) is 19.1 Å². The molecule has 1 amide bonds. The van der Waals surface area contributed by atoms with Crippen LogP contribution in [0.1, 0.15) is 27.4 Å². The number of carboxylic acid groups (broad SMARTS) is 1. The molecule has 1 heterocycles. The summed E-state index contributed by atoms with van der Waals surface area (Å²) in [5.41, 5.74) is 3.75. The van der Waals surface area contributed by atoms with Crippen LogP contribution in [-0.4, -0.2) is 28.5 Å². The summed E-state index contributed by atoms with van der Waals surface area (Å²) in [5, 5.41) is 13.1. The third-order valence-corrected chi connectivity index (χ3v) is 6.00. The van der Waals surface area contributed by atoms with Gasteiger partial charge in [-0.15, -0.1) is 0 Å². The molecule has 2 N–H and O–H groups in total. The van der Waals surface area contributed by atoms with E-state index in [1.165, 1.54) is 24.3 Å². The van der Waals surface area contributed by atoms with Crippen molar-refractivity contribution in [2.45, 2.75) is 12.8 Å². The van der Waals surface area contributed by atoms with E-state index in [2.05, 4.69) is 21.2 Å². The van der Waals surface area contributed by atoms with Gasteiger partial charge < -0.3 is 10.4 Å². The number of benzene rings is 3. The number of hydrogen-bond donors (Lipinski definition) is 2. The fourth-order valence-electron chi connectivity index (χ4n) is 3.83. The average molecular weight is 507 g/mol. The summed E-state index contributed by atoms with van der Waals surface area (Å²) < 4.78 is 14.1. The van der Waals surface area contributed by atoms with Crippen LogP contribution in [0.5, 0.6) is 0 Å². The second-order valence-corrected chi connectivity index (χ2v) is 8.56. The number of amides is 1. The lowest BCUT2D eigenvalue weighted by atomic mass is 9.96. The van der Waals surface area contributed by atoms with E-state index in [-0.39, 0.29) is 6.54 Å². The molecule has 0 saturated carbocycles. The highest BCUT2D eigenvalue weighted by Gasteiger charge is 2.24. The molecular weight excluding hydrogens is 487 g/mol. The summed E-state index contributed by atoms with van der Waals surface area (Å²) in [4.78, 5) is 30.0. The second-order valence-electron chi connectivity index (χ2n) is 7.64. The van der Waals surface area contributed by atoms with Gasteiger partial charge >= 0.3 is 5.97 Å². The number of hydrogen-bond acceptors (Lipinski definition) is 3. The van der Waals surface area contributed by atoms with E-state index in [0.717, 1.165) is 10.0 Å². The summed E-state index contributed by atoms with van der Waals surface area (Å²) in [6.07, 6.45) is 0. The zero-order valence-electron chi connectivity index (χ0n) is 17.7. The molecule has 0 spiro atoms. The van der Waals surface area contributed by atoms with Gasteiger partial charge in [0.15, 0.2) is 0 Å². The minimum atomic E-state index is -1.11. The van der Waals surface area contributed by atoms with Crippen LogP contribution in [0.25, 0.3) is 22.2 Å². The number of fused-ring (bicyclic) bond motifs is 1. The molecular formula is C26H20BrFN2O3. The van der Waals surface area contributed by atoms with Crippen LogP contribution in [-0.2, 0) is 4.79 Å². The first-order valence-corrected chi connectivity index (χ1v) is 11.1. The van der Waals surface area contributed by atoms with Gasteiger partial charge in [0.05, 0.1) is 22.7 Å². The molecule has 166 valence electrons. The highest BCUT2D eigenvalue weighted by atomic mass is 79.9. The third kappa shape index (κ3) is 4.78. The number of nitrogens with zero attached hydrogens (tertiary/aromatic N) is 1. The average Bonchev–Trinajstić information content (AvgIpc) is 2.80. The number of pyridine rings is 1. The summed E-state index contributed by atoms with van der Waals surface area (Å²) in [5.74, 6) is -2.97. The third-order valence-electron chi connectivity index (χ3n) is 5.50. The van der Waals surface area contributed by atoms with Gasteiger partial charge in [0.1, 0.15) is 5.82 Å². The van der Waals surface area contributed by atoms with Crippen molar-refractivity contribution in [2.24, 2.45) is 0 Å². The summed E-state index contributed by atoms with van der Waals surface area (Å²) in [6, 6.07) is 20.3. The normalized spacial score (nSPS) is 11.8. The van der Waals surface area contributed by atoms with Gasteiger partial charge in [0, 0.05) is 22.0 Å². The van der Waals surface area contributed by atoms with Crippen LogP contribution < -0.4 is 5.32 Å². The van der Waals surface area contributed by atoms with Gasteiger partial charge in [0.25, 0.3) is 5.91 Å². The predicted molar refractivity (Wildman–Crippen MR) is 129 cm³/mol. The van der Waals surface area contributed by atoms with E-state index in [1.54, 1.807) is 0 Å². The Morgan fingerprint density at radius 3 is 2.42 bits per heavy atom. The molecule has 33 heavy (non-hydrogen) atoms. The van der Waals surface area contributed by atoms with E-state index >= 15 is 0 Å². The maximum Gasteiger partial charge on any atom is 0.312 e. The molecule has 0 radical (unpaired) electrons. The first-order valence-electron chi connectivity index (χ1n) is 10.3. The molecule has 1 atom stereocenters. The number of halogens is 2. The topological polar surface area (TPSA) is 79.3 Å². The lowest BCUT2D eigenvalue weighted by molar-refractivity contribution is -0.138. The molecule has 4 aromatic rings. The van der Waals surface area contributed by atoms with Crippen molar-refractivity contribution in [3.63, 3.8) is 0 Å². The van der Waals surface area contributed by atoms with Crippen molar-refractivity contribution in [3.05, 3.63) is 99.8 Å². The minimum Gasteiger partial charge on any atom is -0.481 e. The largest absolute Gasteiger partial charge is 0.481 e. The molecule has 3 aromatic carbocycles. The number of carbonyl (C=O) groups excluding carboxylic acids is 1. The van der Waals surface area contributed by atoms with Gasteiger partial charge in [-0.1, -0.05) is 58.4 Å². The number of carbonyl (C=O) groups is 2. The van der Waals surface area contributed by atoms with Crippen molar-refractivity contribution < 1.29 is 19.1 Å². The maximum absolute atomic E-state index is 13.4. The number of nitrogens with one attached hydrogen (secondary N) is 1. The molecule has 0 unspecified atom stereocenters. The lowest BCUT2D eigenvalue weighted by Gasteiger charge is -2.17. The first-order chi connectivity index (χ1) is 15.8. The highest BCUT2D eigenvalue weighted by Crippen LogP contribution is 2.31. The zero-order valence-corrected chi connectivity index (χ0v) is 19.3. The molecule has 0 saturated heterocycles. The van der Waals surface area contributed by atoms with Crippen LogP contribution in [0.4, 0.5) is 4.39 Å². The van der Waals surface area contributed by atoms with Crippen LogP contribution in [0, 0.1) is 12.7 Å². The lowest BCUT2D eigenvalue weighted by Crippen LogP contribution is -2.32. The SMILES string of the molecule is Cc1c(-c2ccccc2)nc2ccc(Br)cc2c1C(=O)NC[C@@H](C(=O)O)c1ccc(F)cc1. The van der Waals surface area contributed by atoms with Gasteiger partial charge in [-0.3, -0.25) is 9.59 Å². The molecule has 7 heteroatoms. The van der Waals surface area contributed by atoms with Gasteiger partial charge in [-0.05, 0) is 48.4 Å². The number of aliphatic carboxylic acids is 1. The molecule has 0 aliphatic rings. The summed E-state index contributed by atoms with van der Waals surface area (Å²) in [6.45, 7) is 1.69. The smallest absolute Gasteiger partial charge is 0.312 e. The molecule has 1 aromatic heterocycles. The number of rotatable bonds is 6. The molecule has 0 aliphatic heterocycles. The fraction of sp³-hybridized carbons (Fsp3) is 0.115. The number of aromatic nitrogens is 1. The zero-order chi connectivity index (χ0) is 23.5. The molecule has 0 fully saturated rings. The van der Waals surface area contributed by atoms with Crippen molar-refractivity contribution in [3.8, 4) is 11.3 Å². The van der Waals surface area contributed by atoms with E-state index in [1.807, 2.05) is 55.5 Å². The maximum atomic E-state index is 13.4. The van der Waals surface area contributed by atoms with E-state index < -0.39 is 23.6 Å². The van der Waals surface area contributed by atoms with Gasteiger partial charge in [-0.25, -0.2) is 9.37 Å². The van der Waals surface area contributed by atoms with Crippen molar-refractivity contribution >= 4 is 38.7 Å². The molecule has 5 nitrogen and oxygen atoms in total. The van der Waals surface area contributed by atoms with Crippen molar-refractivity contribution in [1.29, 1.82) is 0 Å². The van der Waals surface area contributed by atoms with Crippen molar-refractivity contribution in [1.82, 2.24) is 10.3 Å². The Hall–Kier alpha value is -3.58. The first kappa shape index (κ1) is 22.6.